The molecule has 0 atom stereocenters. The Kier molecular flexibility index (Phi) is 6.86. The van der Waals surface area contributed by atoms with E-state index in [1.54, 1.807) is 6.20 Å². The van der Waals surface area contributed by atoms with Gasteiger partial charge in [-0.05, 0) is 18.6 Å². The van der Waals surface area contributed by atoms with Gasteiger partial charge in [0.15, 0.2) is 5.78 Å². The van der Waals surface area contributed by atoms with Gasteiger partial charge in [0.05, 0.1) is 11.3 Å². The molecule has 0 aliphatic rings. The predicted octanol–water partition coefficient (Wildman–Crippen LogP) is 3.52. The monoisotopic (exact) mass is 260 g/mol. The number of carbonyl (C=O) groups is 1. The Morgan fingerprint density at radius 3 is 2.63 bits per heavy atom. The van der Waals surface area contributed by atoms with Crippen LogP contribution in [0.1, 0.15) is 44.7 Å². The first-order valence-corrected chi connectivity index (χ1v) is 6.98. The molecule has 0 aliphatic carbocycles. The number of hydrogen-bond acceptors (Lipinski definition) is 3. The SMILES string of the molecule is CCCCCCC(=O)C(=CN(C)C)c1ccccn1. The van der Waals surface area contributed by atoms with Gasteiger partial charge in [0.25, 0.3) is 0 Å². The van der Waals surface area contributed by atoms with Crippen molar-refractivity contribution in [2.75, 3.05) is 14.1 Å². The van der Waals surface area contributed by atoms with Gasteiger partial charge in [0.1, 0.15) is 0 Å². The second-order valence-corrected chi connectivity index (χ2v) is 4.96. The summed E-state index contributed by atoms with van der Waals surface area (Å²) in [5, 5.41) is 0. The average molecular weight is 260 g/mol. The van der Waals surface area contributed by atoms with Crippen molar-refractivity contribution in [3.05, 3.63) is 36.3 Å². The van der Waals surface area contributed by atoms with Crippen LogP contribution in [0.2, 0.25) is 0 Å². The molecule has 3 heteroatoms. The van der Waals surface area contributed by atoms with Gasteiger partial charge in [0, 0.05) is 32.9 Å². The number of nitrogens with zero attached hydrogens (tertiary/aromatic N) is 2. The van der Waals surface area contributed by atoms with Crippen LogP contribution in [0.3, 0.4) is 0 Å². The van der Waals surface area contributed by atoms with Gasteiger partial charge in [-0.25, -0.2) is 0 Å². The number of unbranched alkanes of at least 4 members (excludes halogenated alkanes) is 3. The number of allylic oxidation sites excluding steroid dienone is 1. The Bertz CT molecular complexity index is 410. The molecule has 0 spiro atoms. The van der Waals surface area contributed by atoms with Crippen LogP contribution in [0.5, 0.6) is 0 Å². The molecule has 1 aromatic rings. The van der Waals surface area contributed by atoms with Crippen molar-refractivity contribution in [3.63, 3.8) is 0 Å². The minimum absolute atomic E-state index is 0.184. The predicted molar refractivity (Wildman–Crippen MR) is 79.7 cm³/mol. The van der Waals surface area contributed by atoms with E-state index < -0.39 is 0 Å². The van der Waals surface area contributed by atoms with Gasteiger partial charge >= 0.3 is 0 Å². The third-order valence-corrected chi connectivity index (χ3v) is 2.89. The summed E-state index contributed by atoms with van der Waals surface area (Å²) in [6.07, 6.45) is 8.67. The molecule has 3 nitrogen and oxygen atoms in total. The van der Waals surface area contributed by atoms with Gasteiger partial charge in [-0.2, -0.15) is 0 Å². The molecule has 19 heavy (non-hydrogen) atoms. The fourth-order valence-electron chi connectivity index (χ4n) is 1.91. The molecule has 0 amide bonds. The van der Waals surface area contributed by atoms with Crippen LogP contribution >= 0.6 is 0 Å². The number of aromatic nitrogens is 1. The highest BCUT2D eigenvalue weighted by Gasteiger charge is 2.13. The van der Waals surface area contributed by atoms with E-state index in [0.29, 0.717) is 12.0 Å². The van der Waals surface area contributed by atoms with E-state index in [9.17, 15) is 4.79 Å². The molecule has 0 aliphatic heterocycles. The molecule has 1 heterocycles. The number of ketones is 1. The summed E-state index contributed by atoms with van der Waals surface area (Å²) in [5.74, 6) is 0.184. The van der Waals surface area contributed by atoms with Gasteiger partial charge in [0.2, 0.25) is 0 Å². The Hall–Kier alpha value is -1.64. The maximum atomic E-state index is 12.3. The van der Waals surface area contributed by atoms with Crippen LogP contribution in [0.25, 0.3) is 5.57 Å². The van der Waals surface area contributed by atoms with E-state index >= 15 is 0 Å². The van der Waals surface area contributed by atoms with Crippen LogP contribution in [0.15, 0.2) is 30.6 Å². The second-order valence-electron chi connectivity index (χ2n) is 4.96. The van der Waals surface area contributed by atoms with Crippen LogP contribution in [-0.4, -0.2) is 29.8 Å². The molecule has 0 unspecified atom stereocenters. The van der Waals surface area contributed by atoms with Crippen LogP contribution < -0.4 is 0 Å². The first-order chi connectivity index (χ1) is 9.15. The molecule has 0 aromatic carbocycles. The molecule has 0 saturated carbocycles. The molecule has 1 rings (SSSR count). The standard InChI is InChI=1S/C16H24N2O/c1-4-5-6-7-11-16(19)14(13-18(2)3)15-10-8-9-12-17-15/h8-10,12-13H,4-7,11H2,1-3H3. The summed E-state index contributed by atoms with van der Waals surface area (Å²) in [4.78, 5) is 18.5. The highest BCUT2D eigenvalue weighted by molar-refractivity contribution is 6.20. The Labute approximate surface area is 116 Å². The maximum Gasteiger partial charge on any atom is 0.166 e. The largest absolute Gasteiger partial charge is 0.383 e. The minimum atomic E-state index is 0.184. The van der Waals surface area contributed by atoms with E-state index in [1.165, 1.54) is 12.8 Å². The third kappa shape index (κ3) is 5.69. The number of Topliss-reactive ketones (excluding diaryl/α,β-unsaturated/α-hetero) is 1. The summed E-state index contributed by atoms with van der Waals surface area (Å²) in [7, 11) is 3.85. The molecule has 0 N–H and O–H groups in total. The van der Waals surface area contributed by atoms with Gasteiger partial charge in [-0.1, -0.05) is 32.3 Å². The Morgan fingerprint density at radius 2 is 2.05 bits per heavy atom. The Balaban J connectivity index is 2.73. The zero-order valence-electron chi connectivity index (χ0n) is 12.2. The molecular formula is C16H24N2O. The van der Waals surface area contributed by atoms with Crippen LogP contribution in [0.4, 0.5) is 0 Å². The van der Waals surface area contributed by atoms with Gasteiger partial charge in [-0.3, -0.25) is 9.78 Å². The van der Waals surface area contributed by atoms with E-state index in [1.807, 2.05) is 43.4 Å². The molecule has 1 aromatic heterocycles. The molecular weight excluding hydrogens is 236 g/mol. The molecule has 0 radical (unpaired) electrons. The van der Waals surface area contributed by atoms with Gasteiger partial charge < -0.3 is 4.90 Å². The normalized spacial score (nSPS) is 11.4. The van der Waals surface area contributed by atoms with Crippen molar-refractivity contribution < 1.29 is 4.79 Å². The van der Waals surface area contributed by atoms with E-state index in [-0.39, 0.29) is 5.78 Å². The summed E-state index contributed by atoms with van der Waals surface area (Å²) < 4.78 is 0. The lowest BCUT2D eigenvalue weighted by Gasteiger charge is -2.11. The molecule has 104 valence electrons. The number of carbonyl (C=O) groups excluding carboxylic acids is 1. The summed E-state index contributed by atoms with van der Waals surface area (Å²) in [6.45, 7) is 2.17. The maximum absolute atomic E-state index is 12.3. The highest BCUT2D eigenvalue weighted by Crippen LogP contribution is 2.17. The van der Waals surface area contributed by atoms with Crippen molar-refractivity contribution in [3.8, 4) is 0 Å². The molecule has 0 bridgehead atoms. The van der Waals surface area contributed by atoms with E-state index in [0.717, 1.165) is 18.5 Å². The quantitative estimate of drug-likeness (QED) is 0.529. The first kappa shape index (κ1) is 15.4. The molecule has 0 fully saturated rings. The lowest BCUT2D eigenvalue weighted by Crippen LogP contribution is -2.09. The van der Waals surface area contributed by atoms with E-state index in [4.69, 9.17) is 0 Å². The summed E-state index contributed by atoms with van der Waals surface area (Å²) >= 11 is 0. The van der Waals surface area contributed by atoms with Crippen molar-refractivity contribution >= 4 is 11.4 Å². The zero-order valence-corrected chi connectivity index (χ0v) is 12.2. The zero-order chi connectivity index (χ0) is 14.1. The lowest BCUT2D eigenvalue weighted by molar-refractivity contribution is -0.113. The van der Waals surface area contributed by atoms with Crippen LogP contribution in [0, 0.1) is 0 Å². The second kappa shape index (κ2) is 8.46. The van der Waals surface area contributed by atoms with E-state index in [2.05, 4.69) is 11.9 Å². The molecule has 0 saturated heterocycles. The number of hydrogen-bond donors (Lipinski definition) is 0. The minimum Gasteiger partial charge on any atom is -0.383 e. The van der Waals surface area contributed by atoms with Crippen LogP contribution in [-0.2, 0) is 4.79 Å². The summed E-state index contributed by atoms with van der Waals surface area (Å²) in [5.41, 5.74) is 1.47. The Morgan fingerprint density at radius 1 is 1.26 bits per heavy atom. The first-order valence-electron chi connectivity index (χ1n) is 6.98. The van der Waals surface area contributed by atoms with Crippen molar-refractivity contribution in [2.24, 2.45) is 0 Å². The smallest absolute Gasteiger partial charge is 0.166 e. The topological polar surface area (TPSA) is 33.2 Å². The lowest BCUT2D eigenvalue weighted by atomic mass is 10.0. The average Bonchev–Trinajstić information content (AvgIpc) is 2.41. The van der Waals surface area contributed by atoms with Crippen molar-refractivity contribution in [2.45, 2.75) is 39.0 Å². The highest BCUT2D eigenvalue weighted by atomic mass is 16.1. The van der Waals surface area contributed by atoms with Gasteiger partial charge in [-0.15, -0.1) is 0 Å². The fourth-order valence-corrected chi connectivity index (χ4v) is 1.91. The fraction of sp³-hybridized carbons (Fsp3) is 0.500. The summed E-state index contributed by atoms with van der Waals surface area (Å²) in [6, 6.07) is 5.66. The third-order valence-electron chi connectivity index (χ3n) is 2.89. The van der Waals surface area contributed by atoms with Crippen molar-refractivity contribution in [1.82, 2.24) is 9.88 Å². The number of rotatable bonds is 8. The number of pyridine rings is 1. The van der Waals surface area contributed by atoms with Crippen molar-refractivity contribution in [1.29, 1.82) is 0 Å².